The van der Waals surface area contributed by atoms with Crippen molar-refractivity contribution >= 4 is 56.8 Å². The van der Waals surface area contributed by atoms with Gasteiger partial charge in [-0.25, -0.2) is 0 Å². The molecule has 3 rings (SSSR count). The molecule has 0 spiro atoms. The van der Waals surface area contributed by atoms with E-state index in [1.54, 1.807) is 0 Å². The first-order valence-corrected chi connectivity index (χ1v) is 6.57. The fourth-order valence-corrected chi connectivity index (χ4v) is 2.68. The van der Waals surface area contributed by atoms with Gasteiger partial charge in [0.1, 0.15) is 0 Å². The molecule has 0 nitrogen and oxygen atoms in total. The van der Waals surface area contributed by atoms with Crippen LogP contribution in [0, 0.1) is 3.57 Å². The van der Waals surface area contributed by atoms with E-state index in [9.17, 15) is 0 Å². The zero-order valence-corrected chi connectivity index (χ0v) is 11.5. The molecule has 78 valence electrons. The molecule has 0 saturated carbocycles. The first kappa shape index (κ1) is 10.4. The summed E-state index contributed by atoms with van der Waals surface area (Å²) in [6.45, 7) is 0. The van der Waals surface area contributed by atoms with Crippen LogP contribution < -0.4 is 0 Å². The van der Waals surface area contributed by atoms with Crippen molar-refractivity contribution < 1.29 is 0 Å². The Morgan fingerprint density at radius 3 is 2.06 bits per heavy atom. The lowest BCUT2D eigenvalue weighted by Crippen LogP contribution is -1.78. The molecule has 0 aliphatic carbocycles. The van der Waals surface area contributed by atoms with Crippen LogP contribution in [-0.2, 0) is 0 Å². The summed E-state index contributed by atoms with van der Waals surface area (Å²) >= 11 is 6.71. The zero-order chi connectivity index (χ0) is 11.1. The summed E-state index contributed by atoms with van der Waals surface area (Å²) < 4.78 is 1.27. The summed E-state index contributed by atoms with van der Waals surface area (Å²) in [6.07, 6.45) is 0. The van der Waals surface area contributed by atoms with Crippen LogP contribution >= 0.6 is 35.2 Å². The van der Waals surface area contributed by atoms with Gasteiger partial charge in [-0.15, -0.1) is 12.6 Å². The monoisotopic (exact) mass is 336 g/mol. The Balaban J connectivity index is 2.44. The number of halogens is 1. The van der Waals surface area contributed by atoms with Crippen LogP contribution in [0.1, 0.15) is 0 Å². The van der Waals surface area contributed by atoms with Crippen molar-refractivity contribution in [1.29, 1.82) is 0 Å². The Morgan fingerprint density at radius 1 is 0.688 bits per heavy atom. The number of fused-ring (bicyclic) bond motifs is 2. The smallest absolute Gasteiger partial charge is 0.0136 e. The molecule has 0 unspecified atom stereocenters. The third-order valence-corrected chi connectivity index (χ3v) is 3.69. The van der Waals surface area contributed by atoms with Crippen molar-refractivity contribution in [3.8, 4) is 0 Å². The molecule has 0 bridgehead atoms. The molecule has 0 heterocycles. The van der Waals surface area contributed by atoms with Crippen molar-refractivity contribution in [2.45, 2.75) is 4.90 Å². The number of thiol groups is 1. The quantitative estimate of drug-likeness (QED) is 0.337. The fraction of sp³-hybridized carbons (Fsp3) is 0. The number of rotatable bonds is 0. The second-order valence-electron chi connectivity index (χ2n) is 3.88. The Kier molecular flexibility index (Phi) is 2.56. The van der Waals surface area contributed by atoms with Gasteiger partial charge >= 0.3 is 0 Å². The first-order chi connectivity index (χ1) is 7.72. The van der Waals surface area contributed by atoms with Crippen molar-refractivity contribution in [2.75, 3.05) is 0 Å². The summed E-state index contributed by atoms with van der Waals surface area (Å²) in [5, 5.41) is 5.10. The maximum absolute atomic E-state index is 4.37. The van der Waals surface area contributed by atoms with Gasteiger partial charge in [-0.3, -0.25) is 0 Å². The topological polar surface area (TPSA) is 0 Å². The van der Waals surface area contributed by atoms with Crippen molar-refractivity contribution in [1.82, 2.24) is 0 Å². The summed E-state index contributed by atoms with van der Waals surface area (Å²) in [5.74, 6) is 0. The average Bonchev–Trinajstić information content (AvgIpc) is 2.26. The van der Waals surface area contributed by atoms with Gasteiger partial charge in [0, 0.05) is 8.47 Å². The van der Waals surface area contributed by atoms with Gasteiger partial charge in [0.15, 0.2) is 0 Å². The SMILES string of the molecule is Sc1ccc2cc3cc(I)ccc3cc2c1. The predicted molar refractivity (Wildman–Crippen MR) is 81.4 cm³/mol. The van der Waals surface area contributed by atoms with Gasteiger partial charge in [-0.2, -0.15) is 0 Å². The van der Waals surface area contributed by atoms with Crippen molar-refractivity contribution in [3.05, 3.63) is 52.1 Å². The van der Waals surface area contributed by atoms with E-state index < -0.39 is 0 Å². The molecule has 0 aliphatic heterocycles. The zero-order valence-electron chi connectivity index (χ0n) is 8.44. The van der Waals surface area contributed by atoms with Gasteiger partial charge < -0.3 is 0 Å². The standard InChI is InChI=1S/C14H9IS/c15-13-3-1-9-6-12-8-14(16)4-2-10(12)5-11(9)7-13/h1-8,16H. The molecule has 0 fully saturated rings. The minimum Gasteiger partial charge on any atom is -0.143 e. The van der Waals surface area contributed by atoms with E-state index in [-0.39, 0.29) is 0 Å². The molecule has 0 aromatic heterocycles. The Bertz CT molecular complexity index is 627. The molecule has 0 radical (unpaired) electrons. The van der Waals surface area contributed by atoms with E-state index in [2.05, 4.69) is 77.7 Å². The molecule has 2 heteroatoms. The normalized spacial score (nSPS) is 11.1. The van der Waals surface area contributed by atoms with Crippen LogP contribution in [0.15, 0.2) is 53.4 Å². The molecule has 0 amide bonds. The maximum Gasteiger partial charge on any atom is 0.0136 e. The van der Waals surface area contributed by atoms with Gasteiger partial charge in [0.25, 0.3) is 0 Å². The van der Waals surface area contributed by atoms with Gasteiger partial charge in [-0.05, 0) is 80.5 Å². The van der Waals surface area contributed by atoms with Gasteiger partial charge in [0.2, 0.25) is 0 Å². The fourth-order valence-electron chi connectivity index (χ4n) is 1.96. The van der Waals surface area contributed by atoms with E-state index in [0.29, 0.717) is 0 Å². The molecule has 0 aliphatic rings. The predicted octanol–water partition coefficient (Wildman–Crippen LogP) is 4.89. The Morgan fingerprint density at radius 2 is 1.31 bits per heavy atom. The molecule has 0 atom stereocenters. The highest BCUT2D eigenvalue weighted by Crippen LogP contribution is 2.25. The maximum atomic E-state index is 4.37. The lowest BCUT2D eigenvalue weighted by atomic mass is 10.0. The van der Waals surface area contributed by atoms with Crippen LogP contribution in [-0.4, -0.2) is 0 Å². The van der Waals surface area contributed by atoms with Crippen LogP contribution in [0.3, 0.4) is 0 Å². The summed E-state index contributed by atoms with van der Waals surface area (Å²) in [7, 11) is 0. The highest BCUT2D eigenvalue weighted by molar-refractivity contribution is 14.1. The minimum absolute atomic E-state index is 1.01. The van der Waals surface area contributed by atoms with E-state index in [0.717, 1.165) is 4.90 Å². The molecule has 16 heavy (non-hydrogen) atoms. The third kappa shape index (κ3) is 1.80. The van der Waals surface area contributed by atoms with E-state index in [1.807, 2.05) is 6.07 Å². The van der Waals surface area contributed by atoms with E-state index in [4.69, 9.17) is 0 Å². The molecule has 0 N–H and O–H groups in total. The summed E-state index contributed by atoms with van der Waals surface area (Å²) in [5.41, 5.74) is 0. The van der Waals surface area contributed by atoms with E-state index in [1.165, 1.54) is 25.1 Å². The Hall–Kier alpha value is -0.740. The van der Waals surface area contributed by atoms with Crippen LogP contribution in [0.25, 0.3) is 21.5 Å². The van der Waals surface area contributed by atoms with Crippen LogP contribution in [0.5, 0.6) is 0 Å². The number of benzene rings is 3. The van der Waals surface area contributed by atoms with Crippen LogP contribution in [0.4, 0.5) is 0 Å². The molecule has 3 aromatic carbocycles. The minimum atomic E-state index is 1.01. The Labute approximate surface area is 113 Å². The molecule has 0 saturated heterocycles. The number of hydrogen-bond acceptors (Lipinski definition) is 1. The molecule has 3 aromatic rings. The van der Waals surface area contributed by atoms with Gasteiger partial charge in [0.05, 0.1) is 0 Å². The van der Waals surface area contributed by atoms with Crippen molar-refractivity contribution in [3.63, 3.8) is 0 Å². The third-order valence-electron chi connectivity index (χ3n) is 2.74. The average molecular weight is 336 g/mol. The van der Waals surface area contributed by atoms with E-state index >= 15 is 0 Å². The largest absolute Gasteiger partial charge is 0.143 e. The second-order valence-corrected chi connectivity index (χ2v) is 5.64. The summed E-state index contributed by atoms with van der Waals surface area (Å²) in [4.78, 5) is 1.01. The summed E-state index contributed by atoms with van der Waals surface area (Å²) in [6, 6.07) is 17.2. The highest BCUT2D eigenvalue weighted by Gasteiger charge is 1.99. The van der Waals surface area contributed by atoms with Gasteiger partial charge in [-0.1, -0.05) is 12.1 Å². The molecular weight excluding hydrogens is 327 g/mol. The van der Waals surface area contributed by atoms with Crippen LogP contribution in [0.2, 0.25) is 0 Å². The highest BCUT2D eigenvalue weighted by atomic mass is 127. The lowest BCUT2D eigenvalue weighted by Gasteiger charge is -2.03. The van der Waals surface area contributed by atoms with Crippen molar-refractivity contribution in [2.24, 2.45) is 0 Å². The second kappa shape index (κ2) is 3.93. The molecular formula is C14H9IS. The number of hydrogen-bond donors (Lipinski definition) is 1. The first-order valence-electron chi connectivity index (χ1n) is 5.04. The lowest BCUT2D eigenvalue weighted by molar-refractivity contribution is 1.53.